The highest BCUT2D eigenvalue weighted by molar-refractivity contribution is 7.88. The topological polar surface area (TPSA) is 84.9 Å². The van der Waals surface area contributed by atoms with Gasteiger partial charge in [-0.15, -0.1) is 0 Å². The van der Waals surface area contributed by atoms with Crippen molar-refractivity contribution in [3.63, 3.8) is 0 Å². The molecule has 1 aliphatic heterocycles. The Bertz CT molecular complexity index is 926. The number of sulfonamides is 1. The maximum absolute atomic E-state index is 12.6. The molecule has 8 heteroatoms. The highest BCUT2D eigenvalue weighted by Gasteiger charge is 2.31. The molecule has 2 aromatic rings. The number of piperidine rings is 1. The molecule has 2 aromatic carbocycles. The SMILES string of the molecule is COc1cccc(OCCNC(=O)C2CCN(S(=O)(=O)Cc3ccccc3)CC2)c1. The lowest BCUT2D eigenvalue weighted by molar-refractivity contribution is -0.126. The van der Waals surface area contributed by atoms with E-state index in [1.165, 1.54) is 4.31 Å². The van der Waals surface area contributed by atoms with Crippen molar-refractivity contribution in [2.75, 3.05) is 33.4 Å². The number of hydrogen-bond donors (Lipinski definition) is 1. The van der Waals surface area contributed by atoms with Gasteiger partial charge in [0.05, 0.1) is 19.4 Å². The maximum atomic E-state index is 12.6. The zero-order valence-electron chi connectivity index (χ0n) is 17.1. The molecular weight excluding hydrogens is 404 g/mol. The molecule has 1 N–H and O–H groups in total. The molecule has 0 saturated carbocycles. The van der Waals surface area contributed by atoms with E-state index in [4.69, 9.17) is 9.47 Å². The molecule has 0 bridgehead atoms. The number of ether oxygens (including phenoxy) is 2. The fourth-order valence-electron chi connectivity index (χ4n) is 3.45. The van der Waals surface area contributed by atoms with Crippen LogP contribution in [0.15, 0.2) is 54.6 Å². The molecular formula is C22H28N2O5S. The average Bonchev–Trinajstić information content (AvgIpc) is 2.77. The van der Waals surface area contributed by atoms with E-state index in [-0.39, 0.29) is 17.6 Å². The monoisotopic (exact) mass is 432 g/mol. The lowest BCUT2D eigenvalue weighted by Gasteiger charge is -2.30. The smallest absolute Gasteiger partial charge is 0.223 e. The van der Waals surface area contributed by atoms with Crippen molar-refractivity contribution in [3.8, 4) is 11.5 Å². The highest BCUT2D eigenvalue weighted by Crippen LogP contribution is 2.22. The Labute approximate surface area is 178 Å². The Hall–Kier alpha value is -2.58. The van der Waals surface area contributed by atoms with Gasteiger partial charge in [0, 0.05) is 25.1 Å². The second-order valence-corrected chi connectivity index (χ2v) is 9.20. The van der Waals surface area contributed by atoms with Gasteiger partial charge in [-0.25, -0.2) is 12.7 Å². The summed E-state index contributed by atoms with van der Waals surface area (Å²) < 4.78 is 37.5. The molecule has 1 amide bonds. The van der Waals surface area contributed by atoms with Crippen LogP contribution >= 0.6 is 0 Å². The Kier molecular flexibility index (Phi) is 7.70. The van der Waals surface area contributed by atoms with Gasteiger partial charge in [-0.1, -0.05) is 36.4 Å². The number of nitrogens with zero attached hydrogens (tertiary/aromatic N) is 1. The van der Waals surface area contributed by atoms with Crippen molar-refractivity contribution in [2.24, 2.45) is 5.92 Å². The summed E-state index contributed by atoms with van der Waals surface area (Å²) in [6.07, 6.45) is 1.05. The third kappa shape index (κ3) is 6.21. The van der Waals surface area contributed by atoms with Gasteiger partial charge in [0.15, 0.2) is 0 Å². The third-order valence-electron chi connectivity index (χ3n) is 5.12. The second-order valence-electron chi connectivity index (χ2n) is 7.23. The number of nitrogens with one attached hydrogen (secondary N) is 1. The van der Waals surface area contributed by atoms with Gasteiger partial charge in [-0.05, 0) is 30.5 Å². The first-order chi connectivity index (χ1) is 14.5. The first kappa shape index (κ1) is 22.1. The summed E-state index contributed by atoms with van der Waals surface area (Å²) in [6, 6.07) is 16.4. The lowest BCUT2D eigenvalue weighted by Crippen LogP contribution is -2.43. The zero-order valence-corrected chi connectivity index (χ0v) is 17.9. The summed E-state index contributed by atoms with van der Waals surface area (Å²) >= 11 is 0. The average molecular weight is 433 g/mol. The Morgan fingerprint density at radius 2 is 1.77 bits per heavy atom. The Morgan fingerprint density at radius 1 is 1.07 bits per heavy atom. The quantitative estimate of drug-likeness (QED) is 0.615. The number of benzene rings is 2. The van der Waals surface area contributed by atoms with Crippen molar-refractivity contribution < 1.29 is 22.7 Å². The van der Waals surface area contributed by atoms with Crippen LogP contribution in [-0.4, -0.2) is 52.0 Å². The fourth-order valence-corrected chi connectivity index (χ4v) is 5.01. The zero-order chi connectivity index (χ0) is 21.4. The van der Waals surface area contributed by atoms with Gasteiger partial charge in [-0.3, -0.25) is 4.79 Å². The first-order valence-electron chi connectivity index (χ1n) is 10.0. The number of amides is 1. The molecule has 1 saturated heterocycles. The predicted molar refractivity (Wildman–Crippen MR) is 115 cm³/mol. The van der Waals surface area contributed by atoms with Crippen LogP contribution in [-0.2, 0) is 20.6 Å². The Balaban J connectivity index is 1.39. The van der Waals surface area contributed by atoms with Crippen molar-refractivity contribution >= 4 is 15.9 Å². The van der Waals surface area contributed by atoms with E-state index in [0.29, 0.717) is 50.6 Å². The van der Waals surface area contributed by atoms with Crippen LogP contribution in [0, 0.1) is 5.92 Å². The van der Waals surface area contributed by atoms with Crippen molar-refractivity contribution in [1.29, 1.82) is 0 Å². The van der Waals surface area contributed by atoms with Gasteiger partial charge >= 0.3 is 0 Å². The minimum atomic E-state index is -3.37. The van der Waals surface area contributed by atoms with Crippen LogP contribution in [0.4, 0.5) is 0 Å². The predicted octanol–water partition coefficient (Wildman–Crippen LogP) is 2.43. The van der Waals surface area contributed by atoms with Gasteiger partial charge in [0.25, 0.3) is 0 Å². The van der Waals surface area contributed by atoms with Crippen molar-refractivity contribution in [2.45, 2.75) is 18.6 Å². The van der Waals surface area contributed by atoms with E-state index in [9.17, 15) is 13.2 Å². The number of carbonyl (C=O) groups is 1. The molecule has 1 fully saturated rings. The molecule has 0 radical (unpaired) electrons. The summed E-state index contributed by atoms with van der Waals surface area (Å²) in [6.45, 7) is 1.48. The second kappa shape index (κ2) is 10.4. The molecule has 1 heterocycles. The molecule has 162 valence electrons. The molecule has 0 aliphatic carbocycles. The van der Waals surface area contributed by atoms with Gasteiger partial charge in [0.2, 0.25) is 15.9 Å². The molecule has 3 rings (SSSR count). The van der Waals surface area contributed by atoms with Crippen LogP contribution in [0.2, 0.25) is 0 Å². The highest BCUT2D eigenvalue weighted by atomic mass is 32.2. The molecule has 30 heavy (non-hydrogen) atoms. The van der Waals surface area contributed by atoms with E-state index in [2.05, 4.69) is 5.32 Å². The van der Waals surface area contributed by atoms with Crippen LogP contribution in [0.1, 0.15) is 18.4 Å². The normalized spacial score (nSPS) is 15.5. The third-order valence-corrected chi connectivity index (χ3v) is 6.97. The summed E-state index contributed by atoms with van der Waals surface area (Å²) in [5, 5.41) is 2.88. The maximum Gasteiger partial charge on any atom is 0.223 e. The van der Waals surface area contributed by atoms with Crippen molar-refractivity contribution in [3.05, 3.63) is 60.2 Å². The fraction of sp³-hybridized carbons (Fsp3) is 0.409. The van der Waals surface area contributed by atoms with Gasteiger partial charge < -0.3 is 14.8 Å². The summed E-state index contributed by atoms with van der Waals surface area (Å²) in [4.78, 5) is 12.4. The van der Waals surface area contributed by atoms with E-state index in [1.54, 1.807) is 13.2 Å². The first-order valence-corrected chi connectivity index (χ1v) is 11.6. The summed E-state index contributed by atoms with van der Waals surface area (Å²) in [5.41, 5.74) is 0.772. The summed E-state index contributed by atoms with van der Waals surface area (Å²) in [7, 11) is -1.78. The Morgan fingerprint density at radius 3 is 2.47 bits per heavy atom. The van der Waals surface area contributed by atoms with Crippen LogP contribution < -0.4 is 14.8 Å². The number of rotatable bonds is 9. The molecule has 0 spiro atoms. The van der Waals surface area contributed by atoms with Crippen molar-refractivity contribution in [1.82, 2.24) is 9.62 Å². The van der Waals surface area contributed by atoms with Crippen LogP contribution in [0.25, 0.3) is 0 Å². The van der Waals surface area contributed by atoms with Gasteiger partial charge in [-0.2, -0.15) is 0 Å². The molecule has 0 aromatic heterocycles. The largest absolute Gasteiger partial charge is 0.497 e. The van der Waals surface area contributed by atoms with E-state index >= 15 is 0 Å². The van der Waals surface area contributed by atoms with E-state index < -0.39 is 10.0 Å². The van der Waals surface area contributed by atoms with Crippen LogP contribution in [0.5, 0.6) is 11.5 Å². The van der Waals surface area contributed by atoms with Gasteiger partial charge in [0.1, 0.15) is 18.1 Å². The van der Waals surface area contributed by atoms with Crippen LogP contribution in [0.3, 0.4) is 0 Å². The minimum Gasteiger partial charge on any atom is -0.497 e. The molecule has 0 unspecified atom stereocenters. The van der Waals surface area contributed by atoms with E-state index in [0.717, 1.165) is 5.56 Å². The number of hydrogen-bond acceptors (Lipinski definition) is 5. The molecule has 7 nitrogen and oxygen atoms in total. The molecule has 0 atom stereocenters. The number of carbonyl (C=O) groups excluding carboxylic acids is 1. The summed E-state index contributed by atoms with van der Waals surface area (Å²) in [5.74, 6) is 1.16. The minimum absolute atomic E-state index is 0.00763. The number of methoxy groups -OCH3 is 1. The molecule has 1 aliphatic rings. The van der Waals surface area contributed by atoms with E-state index in [1.807, 2.05) is 48.5 Å². The lowest BCUT2D eigenvalue weighted by atomic mass is 9.97. The standard InChI is InChI=1S/C22H28N2O5S/c1-28-20-8-5-9-21(16-20)29-15-12-23-22(25)19-10-13-24(14-11-19)30(26,27)17-18-6-3-2-4-7-18/h2-9,16,19H,10-15,17H2,1H3,(H,23,25).